The van der Waals surface area contributed by atoms with Gasteiger partial charge in [0, 0.05) is 35.5 Å². The summed E-state index contributed by atoms with van der Waals surface area (Å²) in [5.74, 6) is 0.784. The van der Waals surface area contributed by atoms with Crippen molar-refractivity contribution in [2.45, 2.75) is 6.42 Å². The van der Waals surface area contributed by atoms with Crippen LogP contribution in [0.2, 0.25) is 0 Å². The molecule has 0 fully saturated rings. The van der Waals surface area contributed by atoms with Crippen LogP contribution in [-0.2, 0) is 0 Å². The number of ketones is 1. The number of Topliss-reactive ketones (excluding diaryl/α,β-unsaturated/α-hetero) is 1. The van der Waals surface area contributed by atoms with E-state index in [0.29, 0.717) is 24.3 Å². The quantitative estimate of drug-likeness (QED) is 0.701. The molecule has 3 aromatic rings. The van der Waals surface area contributed by atoms with Gasteiger partial charge in [-0.05, 0) is 12.1 Å². The van der Waals surface area contributed by atoms with Gasteiger partial charge in [-0.25, -0.2) is 0 Å². The van der Waals surface area contributed by atoms with Crippen molar-refractivity contribution in [2.24, 2.45) is 0 Å². The molecule has 0 spiro atoms. The van der Waals surface area contributed by atoms with Crippen molar-refractivity contribution in [1.82, 2.24) is 4.98 Å². The molecule has 3 rings (SSSR count). The maximum atomic E-state index is 12.3. The van der Waals surface area contributed by atoms with Crippen LogP contribution in [0, 0.1) is 0 Å². The monoisotopic (exact) mass is 306 g/mol. The average molecular weight is 306 g/mol. The molecule has 0 bridgehead atoms. The van der Waals surface area contributed by atoms with Gasteiger partial charge in [0.1, 0.15) is 5.75 Å². The summed E-state index contributed by atoms with van der Waals surface area (Å²) >= 11 is 0. The van der Waals surface area contributed by atoms with Gasteiger partial charge in [-0.2, -0.15) is 0 Å². The zero-order chi connectivity index (χ0) is 16.1. The predicted molar refractivity (Wildman–Crippen MR) is 92.2 cm³/mol. The number of carbonyl (C=O) groups excluding carboxylic acids is 1. The summed E-state index contributed by atoms with van der Waals surface area (Å²) in [5, 5.41) is 5.49. The first-order chi connectivity index (χ1) is 11.3. The lowest BCUT2D eigenvalue weighted by Crippen LogP contribution is -2.09. The Kier molecular flexibility index (Phi) is 4.52. The number of methoxy groups -OCH3 is 1. The standard InChI is InChI=1S/C19H18N2O2/c1-23-16-7-4-6-14(11-16)19(22)9-10-21-18-13-20-12-15-5-2-3-8-17(15)18/h2-8,11-13,21H,9-10H2,1H3. The van der Waals surface area contributed by atoms with Gasteiger partial charge in [-0.3, -0.25) is 9.78 Å². The number of nitrogens with zero attached hydrogens (tertiary/aromatic N) is 1. The van der Waals surface area contributed by atoms with E-state index in [1.807, 2.05) is 48.7 Å². The third-order valence-electron chi connectivity index (χ3n) is 3.73. The Morgan fingerprint density at radius 3 is 2.87 bits per heavy atom. The molecule has 1 N–H and O–H groups in total. The summed E-state index contributed by atoms with van der Waals surface area (Å²) in [6.07, 6.45) is 4.04. The number of nitrogens with one attached hydrogen (secondary N) is 1. The maximum Gasteiger partial charge on any atom is 0.164 e. The highest BCUT2D eigenvalue weighted by atomic mass is 16.5. The normalized spacial score (nSPS) is 10.5. The zero-order valence-electron chi connectivity index (χ0n) is 13.0. The smallest absolute Gasteiger partial charge is 0.164 e. The molecule has 1 aromatic heterocycles. The van der Waals surface area contributed by atoms with E-state index in [4.69, 9.17) is 4.74 Å². The van der Waals surface area contributed by atoms with Gasteiger partial charge < -0.3 is 10.1 Å². The molecule has 0 aliphatic rings. The first-order valence-electron chi connectivity index (χ1n) is 7.52. The van der Waals surface area contributed by atoms with Gasteiger partial charge in [0.05, 0.1) is 19.0 Å². The number of anilines is 1. The number of hydrogen-bond donors (Lipinski definition) is 1. The van der Waals surface area contributed by atoms with Gasteiger partial charge in [-0.15, -0.1) is 0 Å². The van der Waals surface area contributed by atoms with Gasteiger partial charge in [-0.1, -0.05) is 36.4 Å². The van der Waals surface area contributed by atoms with E-state index in [1.165, 1.54) is 0 Å². The number of rotatable bonds is 6. The van der Waals surface area contributed by atoms with Crippen LogP contribution >= 0.6 is 0 Å². The van der Waals surface area contributed by atoms with Crippen LogP contribution in [0.5, 0.6) is 5.75 Å². The largest absolute Gasteiger partial charge is 0.497 e. The molecule has 0 aliphatic carbocycles. The van der Waals surface area contributed by atoms with Gasteiger partial charge >= 0.3 is 0 Å². The van der Waals surface area contributed by atoms with Gasteiger partial charge in [0.15, 0.2) is 5.78 Å². The Labute approximate surface area is 135 Å². The molecule has 0 unspecified atom stereocenters. The molecule has 116 valence electrons. The topological polar surface area (TPSA) is 51.2 Å². The molecule has 4 nitrogen and oxygen atoms in total. The zero-order valence-corrected chi connectivity index (χ0v) is 13.0. The van der Waals surface area contributed by atoms with E-state index < -0.39 is 0 Å². The fourth-order valence-corrected chi connectivity index (χ4v) is 2.51. The lowest BCUT2D eigenvalue weighted by molar-refractivity contribution is 0.0986. The van der Waals surface area contributed by atoms with Crippen LogP contribution in [0.25, 0.3) is 10.8 Å². The third-order valence-corrected chi connectivity index (χ3v) is 3.73. The summed E-state index contributed by atoms with van der Waals surface area (Å²) < 4.78 is 5.15. The molecule has 0 amide bonds. The van der Waals surface area contributed by atoms with E-state index in [0.717, 1.165) is 16.5 Å². The van der Waals surface area contributed by atoms with Crippen molar-refractivity contribution in [3.63, 3.8) is 0 Å². The van der Waals surface area contributed by atoms with Crippen LogP contribution in [0.1, 0.15) is 16.8 Å². The van der Waals surface area contributed by atoms with E-state index in [9.17, 15) is 4.79 Å². The van der Waals surface area contributed by atoms with Crippen LogP contribution in [0.4, 0.5) is 5.69 Å². The summed E-state index contributed by atoms with van der Waals surface area (Å²) in [7, 11) is 1.60. The molecule has 4 heteroatoms. The number of pyridine rings is 1. The first-order valence-corrected chi connectivity index (χ1v) is 7.52. The van der Waals surface area contributed by atoms with Crippen molar-refractivity contribution < 1.29 is 9.53 Å². The highest BCUT2D eigenvalue weighted by Gasteiger charge is 2.07. The highest BCUT2D eigenvalue weighted by molar-refractivity contribution is 5.97. The minimum atomic E-state index is 0.0876. The molecule has 2 aromatic carbocycles. The van der Waals surface area contributed by atoms with E-state index in [1.54, 1.807) is 19.4 Å². The number of fused-ring (bicyclic) bond motifs is 1. The van der Waals surface area contributed by atoms with E-state index in [-0.39, 0.29) is 5.78 Å². The predicted octanol–water partition coefficient (Wildman–Crippen LogP) is 3.93. The van der Waals surface area contributed by atoms with Crippen LogP contribution in [0.15, 0.2) is 60.9 Å². The second kappa shape index (κ2) is 6.92. The Bertz CT molecular complexity index is 825. The van der Waals surface area contributed by atoms with Crippen molar-refractivity contribution in [3.05, 3.63) is 66.5 Å². The number of aromatic nitrogens is 1. The highest BCUT2D eigenvalue weighted by Crippen LogP contribution is 2.21. The lowest BCUT2D eigenvalue weighted by Gasteiger charge is -2.09. The number of carbonyl (C=O) groups is 1. The summed E-state index contributed by atoms with van der Waals surface area (Å²) in [4.78, 5) is 16.5. The summed E-state index contributed by atoms with van der Waals surface area (Å²) in [6.45, 7) is 0.561. The minimum Gasteiger partial charge on any atom is -0.497 e. The van der Waals surface area contributed by atoms with E-state index >= 15 is 0 Å². The second-order valence-electron chi connectivity index (χ2n) is 5.24. The minimum absolute atomic E-state index is 0.0876. The van der Waals surface area contributed by atoms with Crippen LogP contribution in [0.3, 0.4) is 0 Å². The summed E-state index contributed by atoms with van der Waals surface area (Å²) in [5.41, 5.74) is 1.61. The van der Waals surface area contributed by atoms with Gasteiger partial charge in [0.25, 0.3) is 0 Å². The van der Waals surface area contributed by atoms with Crippen molar-refractivity contribution in [3.8, 4) is 5.75 Å². The average Bonchev–Trinajstić information content (AvgIpc) is 2.62. The fraction of sp³-hybridized carbons (Fsp3) is 0.158. The summed E-state index contributed by atoms with van der Waals surface area (Å²) in [6, 6.07) is 15.3. The Balaban J connectivity index is 1.65. The Hall–Kier alpha value is -2.88. The molecular formula is C19H18N2O2. The molecule has 1 heterocycles. The molecular weight excluding hydrogens is 288 g/mol. The molecule has 23 heavy (non-hydrogen) atoms. The van der Waals surface area contributed by atoms with E-state index in [2.05, 4.69) is 10.3 Å². The van der Waals surface area contributed by atoms with Crippen molar-refractivity contribution >= 4 is 22.2 Å². The fourth-order valence-electron chi connectivity index (χ4n) is 2.51. The van der Waals surface area contributed by atoms with Crippen molar-refractivity contribution in [1.29, 1.82) is 0 Å². The van der Waals surface area contributed by atoms with Crippen LogP contribution < -0.4 is 10.1 Å². The molecule has 0 radical (unpaired) electrons. The number of benzene rings is 2. The Morgan fingerprint density at radius 1 is 1.13 bits per heavy atom. The second-order valence-corrected chi connectivity index (χ2v) is 5.24. The Morgan fingerprint density at radius 2 is 2.00 bits per heavy atom. The molecule has 0 saturated carbocycles. The molecule has 0 aliphatic heterocycles. The first kappa shape index (κ1) is 15.0. The van der Waals surface area contributed by atoms with Gasteiger partial charge in [0.2, 0.25) is 0 Å². The third kappa shape index (κ3) is 3.48. The molecule has 0 saturated heterocycles. The maximum absolute atomic E-state index is 12.3. The van der Waals surface area contributed by atoms with Crippen LogP contribution in [-0.4, -0.2) is 24.4 Å². The molecule has 0 atom stereocenters. The van der Waals surface area contributed by atoms with Crippen molar-refractivity contribution in [2.75, 3.05) is 19.0 Å². The SMILES string of the molecule is COc1cccc(C(=O)CCNc2cncc3ccccc23)c1. The lowest BCUT2D eigenvalue weighted by atomic mass is 10.1. The number of ether oxygens (including phenoxy) is 1. The number of hydrogen-bond acceptors (Lipinski definition) is 4.